The van der Waals surface area contributed by atoms with Crippen LogP contribution in [0, 0.1) is 11.8 Å². The summed E-state index contributed by atoms with van der Waals surface area (Å²) in [5.74, 6) is 2.33. The molecule has 0 heterocycles. The van der Waals surface area contributed by atoms with Crippen molar-refractivity contribution in [3.05, 3.63) is 0 Å². The highest BCUT2D eigenvalue weighted by molar-refractivity contribution is 6.81. The summed E-state index contributed by atoms with van der Waals surface area (Å²) in [6.07, 6.45) is 6.40. The van der Waals surface area contributed by atoms with Gasteiger partial charge in [0.05, 0.1) is 8.07 Å². The number of rotatable bonds is 4. The minimum absolute atomic E-state index is 0.838. The van der Waals surface area contributed by atoms with Gasteiger partial charge in [-0.05, 0) is 30.2 Å². The number of hydrogen-bond donors (Lipinski definition) is 0. The molecule has 2 unspecified atom stereocenters. The van der Waals surface area contributed by atoms with E-state index in [1.807, 2.05) is 0 Å². The summed E-state index contributed by atoms with van der Waals surface area (Å²) in [5, 5.41) is 0. The Kier molecular flexibility index (Phi) is 3.06. The van der Waals surface area contributed by atoms with Gasteiger partial charge in [-0.25, -0.2) is 0 Å². The van der Waals surface area contributed by atoms with E-state index in [1.54, 1.807) is 43.8 Å². The Labute approximate surface area is 90.5 Å². The van der Waals surface area contributed by atoms with Gasteiger partial charge in [0, 0.05) is 0 Å². The van der Waals surface area contributed by atoms with Crippen LogP contribution >= 0.6 is 0 Å². The lowest BCUT2D eigenvalue weighted by Crippen LogP contribution is -2.40. The third-order valence-corrected chi connectivity index (χ3v) is 12.1. The van der Waals surface area contributed by atoms with Crippen molar-refractivity contribution in [2.24, 2.45) is 11.8 Å². The van der Waals surface area contributed by atoms with E-state index in [4.69, 9.17) is 0 Å². The summed E-state index contributed by atoms with van der Waals surface area (Å²) in [7, 11) is -0.838. The molecule has 0 aromatic carbocycles. The van der Waals surface area contributed by atoms with E-state index in [2.05, 4.69) is 20.8 Å². The van der Waals surface area contributed by atoms with Gasteiger partial charge in [0.15, 0.2) is 0 Å². The van der Waals surface area contributed by atoms with Crippen molar-refractivity contribution < 1.29 is 0 Å². The molecule has 0 radical (unpaired) electrons. The minimum atomic E-state index is -0.838. The van der Waals surface area contributed by atoms with Gasteiger partial charge in [-0.15, -0.1) is 0 Å². The molecule has 2 aliphatic carbocycles. The van der Waals surface area contributed by atoms with Crippen molar-refractivity contribution in [3.63, 3.8) is 0 Å². The Morgan fingerprint density at radius 1 is 0.929 bits per heavy atom. The van der Waals surface area contributed by atoms with Crippen LogP contribution in [0.15, 0.2) is 0 Å². The van der Waals surface area contributed by atoms with Crippen molar-refractivity contribution in [3.8, 4) is 0 Å². The first kappa shape index (κ1) is 10.7. The number of fused-ring (bicyclic) bond motifs is 2. The monoisotopic (exact) mass is 210 g/mol. The SMILES string of the molecule is CC[Si](CC)(CC)[C@H]1CC2CCC1C2. The molecule has 0 aliphatic heterocycles. The molecule has 0 saturated heterocycles. The minimum Gasteiger partial charge on any atom is -0.0678 e. The van der Waals surface area contributed by atoms with Gasteiger partial charge in [-0.3, -0.25) is 0 Å². The van der Waals surface area contributed by atoms with Gasteiger partial charge < -0.3 is 0 Å². The van der Waals surface area contributed by atoms with E-state index in [1.165, 1.54) is 11.5 Å². The zero-order chi connectivity index (χ0) is 10.2. The summed E-state index contributed by atoms with van der Waals surface area (Å²) in [5.41, 5.74) is 1.22. The van der Waals surface area contributed by atoms with Gasteiger partial charge in [-0.2, -0.15) is 0 Å². The topological polar surface area (TPSA) is 0 Å². The molecular formula is C13H26Si. The smallest absolute Gasteiger partial charge is 0.0561 e. The van der Waals surface area contributed by atoms with Gasteiger partial charge >= 0.3 is 0 Å². The first-order valence-corrected chi connectivity index (χ1v) is 9.45. The third-order valence-electron chi connectivity index (χ3n) is 5.64. The van der Waals surface area contributed by atoms with E-state index in [9.17, 15) is 0 Å². The van der Waals surface area contributed by atoms with Gasteiger partial charge in [-0.1, -0.05) is 51.7 Å². The highest BCUT2D eigenvalue weighted by Gasteiger charge is 2.48. The molecule has 2 bridgehead atoms. The third kappa shape index (κ3) is 1.48. The van der Waals surface area contributed by atoms with Crippen molar-refractivity contribution in [2.75, 3.05) is 0 Å². The molecule has 3 atom stereocenters. The summed E-state index contributed by atoms with van der Waals surface area (Å²) < 4.78 is 0. The highest BCUT2D eigenvalue weighted by atomic mass is 28.3. The molecule has 82 valence electrons. The molecule has 0 N–H and O–H groups in total. The normalized spacial score (nSPS) is 36.6. The lowest BCUT2D eigenvalue weighted by molar-refractivity contribution is 0.465. The van der Waals surface area contributed by atoms with Crippen molar-refractivity contribution >= 4 is 8.07 Å². The largest absolute Gasteiger partial charge is 0.0678 e. The van der Waals surface area contributed by atoms with Gasteiger partial charge in [0.2, 0.25) is 0 Å². The van der Waals surface area contributed by atoms with E-state index in [0.29, 0.717) is 0 Å². The van der Waals surface area contributed by atoms with Crippen molar-refractivity contribution in [1.82, 2.24) is 0 Å². The maximum Gasteiger partial charge on any atom is 0.0561 e. The first-order chi connectivity index (χ1) is 6.75. The van der Waals surface area contributed by atoms with Crippen LogP contribution in [0.1, 0.15) is 46.5 Å². The summed E-state index contributed by atoms with van der Waals surface area (Å²) in [4.78, 5) is 0. The molecule has 0 aromatic heterocycles. The second-order valence-corrected chi connectivity index (χ2v) is 11.3. The predicted molar refractivity (Wildman–Crippen MR) is 66.4 cm³/mol. The van der Waals surface area contributed by atoms with E-state index >= 15 is 0 Å². The Morgan fingerprint density at radius 2 is 1.57 bits per heavy atom. The lowest BCUT2D eigenvalue weighted by atomic mass is 10.0. The van der Waals surface area contributed by atoms with Crippen LogP contribution in [-0.2, 0) is 0 Å². The molecule has 0 aromatic rings. The Bertz CT molecular complexity index is 187. The maximum atomic E-state index is 2.48. The zero-order valence-corrected chi connectivity index (χ0v) is 11.2. The van der Waals surface area contributed by atoms with E-state index in [-0.39, 0.29) is 0 Å². The quantitative estimate of drug-likeness (QED) is 0.591. The highest BCUT2D eigenvalue weighted by Crippen LogP contribution is 2.57. The van der Waals surface area contributed by atoms with Crippen LogP contribution in [0.4, 0.5) is 0 Å². The molecule has 0 spiro atoms. The molecular weight excluding hydrogens is 184 g/mol. The maximum absolute atomic E-state index is 2.48. The zero-order valence-electron chi connectivity index (χ0n) is 10.2. The average Bonchev–Trinajstić information content (AvgIpc) is 2.83. The standard InChI is InChI=1S/C13H26Si/c1-4-14(5-2,6-3)13-10-11-7-8-12(13)9-11/h11-13H,4-10H2,1-3H3/t11?,12?,13-/m0/s1. The van der Waals surface area contributed by atoms with Gasteiger partial charge in [0.25, 0.3) is 0 Å². The molecule has 0 amide bonds. The molecule has 14 heavy (non-hydrogen) atoms. The second kappa shape index (κ2) is 4.00. The molecule has 0 nitrogen and oxygen atoms in total. The van der Waals surface area contributed by atoms with Crippen LogP contribution in [0.5, 0.6) is 0 Å². The van der Waals surface area contributed by atoms with Crippen LogP contribution < -0.4 is 0 Å². The lowest BCUT2D eigenvalue weighted by Gasteiger charge is -2.40. The van der Waals surface area contributed by atoms with Crippen LogP contribution in [-0.4, -0.2) is 8.07 Å². The Balaban J connectivity index is 2.12. The molecule has 2 saturated carbocycles. The van der Waals surface area contributed by atoms with Crippen molar-refractivity contribution in [1.29, 1.82) is 0 Å². The summed E-state index contributed by atoms with van der Waals surface area (Å²) in [6.45, 7) is 7.43. The van der Waals surface area contributed by atoms with E-state index in [0.717, 1.165) is 5.92 Å². The van der Waals surface area contributed by atoms with Crippen LogP contribution in [0.2, 0.25) is 23.7 Å². The fourth-order valence-electron chi connectivity index (χ4n) is 4.53. The molecule has 1 heteroatoms. The average molecular weight is 210 g/mol. The first-order valence-electron chi connectivity index (χ1n) is 6.75. The summed E-state index contributed by atoms with van der Waals surface area (Å²) >= 11 is 0. The Hall–Kier alpha value is 0.217. The number of hydrogen-bond acceptors (Lipinski definition) is 0. The predicted octanol–water partition coefficient (Wildman–Crippen LogP) is 4.69. The van der Waals surface area contributed by atoms with Crippen LogP contribution in [0.3, 0.4) is 0 Å². The van der Waals surface area contributed by atoms with E-state index < -0.39 is 8.07 Å². The summed E-state index contributed by atoms with van der Waals surface area (Å²) in [6, 6.07) is 4.65. The van der Waals surface area contributed by atoms with Gasteiger partial charge in [0.1, 0.15) is 0 Å². The molecule has 2 aliphatic rings. The fraction of sp³-hybridized carbons (Fsp3) is 1.00. The molecule has 2 rings (SSSR count). The fourth-order valence-corrected chi connectivity index (χ4v) is 9.74. The van der Waals surface area contributed by atoms with Crippen LogP contribution in [0.25, 0.3) is 0 Å². The van der Waals surface area contributed by atoms with Crippen molar-refractivity contribution in [2.45, 2.75) is 70.1 Å². The Morgan fingerprint density at radius 3 is 1.93 bits per heavy atom. The molecule has 2 fully saturated rings. The second-order valence-electron chi connectivity index (χ2n) is 5.70.